The van der Waals surface area contributed by atoms with Crippen LogP contribution in [-0.4, -0.2) is 60.8 Å². The number of aliphatic hydroxyl groups excluding tert-OH is 1. The van der Waals surface area contributed by atoms with Crippen LogP contribution in [0.25, 0.3) is 0 Å². The number of aliphatic carboxylic acids is 1. The molecule has 5 aromatic carbocycles. The zero-order valence-electron chi connectivity index (χ0n) is 31.9. The number of carboxylic acid groups (broad SMARTS) is 1. The van der Waals surface area contributed by atoms with Crippen molar-refractivity contribution in [3.05, 3.63) is 171 Å². The number of rotatable bonds is 22. The van der Waals surface area contributed by atoms with Crippen molar-refractivity contribution in [2.24, 2.45) is 0 Å². The summed E-state index contributed by atoms with van der Waals surface area (Å²) in [5, 5.41) is 35.0. The Morgan fingerprint density at radius 2 is 1.23 bits per heavy atom. The van der Waals surface area contributed by atoms with E-state index in [-0.39, 0.29) is 5.75 Å². The van der Waals surface area contributed by atoms with Crippen molar-refractivity contribution in [2.75, 3.05) is 39.5 Å². The van der Waals surface area contributed by atoms with Gasteiger partial charge in [0.15, 0.2) is 0 Å². The molecule has 4 N–H and O–H groups in total. The van der Waals surface area contributed by atoms with E-state index in [1.807, 2.05) is 104 Å². The van der Waals surface area contributed by atoms with Crippen molar-refractivity contribution in [3.63, 3.8) is 0 Å². The molecule has 0 fully saturated rings. The highest BCUT2D eigenvalue weighted by Gasteiger charge is 2.43. The van der Waals surface area contributed by atoms with Gasteiger partial charge in [-0.2, -0.15) is 0 Å². The number of carbonyl (C=O) groups is 1. The summed E-state index contributed by atoms with van der Waals surface area (Å²) in [6, 6.07) is 38.7. The summed E-state index contributed by atoms with van der Waals surface area (Å²) in [7, 11) is 0. The van der Waals surface area contributed by atoms with Gasteiger partial charge in [-0.3, -0.25) is 4.79 Å². The smallest absolute Gasteiger partial charge is 0.323 e. The number of aromatic hydroxyl groups is 1. The minimum Gasteiger partial charge on any atom is -0.508 e. The summed E-state index contributed by atoms with van der Waals surface area (Å²) in [6.07, 6.45) is 3.63. The summed E-state index contributed by atoms with van der Waals surface area (Å²) >= 11 is 12.2. The second kappa shape index (κ2) is 24.4. The molecule has 0 amide bonds. The Hall–Kier alpha value is -4.25. The predicted molar refractivity (Wildman–Crippen MR) is 224 cm³/mol. The first kappa shape index (κ1) is 44.5. The van der Waals surface area contributed by atoms with Crippen molar-refractivity contribution >= 4 is 29.2 Å². The number of halogens is 2. The van der Waals surface area contributed by atoms with Crippen molar-refractivity contribution in [2.45, 2.75) is 57.3 Å². The summed E-state index contributed by atoms with van der Waals surface area (Å²) in [5.41, 5.74) is 3.32. The highest BCUT2D eigenvalue weighted by atomic mass is 35.5. The molecule has 1 atom stereocenters. The summed E-state index contributed by atoms with van der Waals surface area (Å²) in [4.78, 5) is 12.4. The topological polar surface area (TPSA) is 117 Å². The average Bonchev–Trinajstić information content (AvgIpc) is 3.22. The largest absolute Gasteiger partial charge is 0.508 e. The molecule has 0 unspecified atom stereocenters. The molecule has 56 heavy (non-hydrogen) atoms. The third-order valence-corrected chi connectivity index (χ3v) is 10.0. The molecule has 5 rings (SSSR count). The molecular weight excluding hydrogens is 749 g/mol. The van der Waals surface area contributed by atoms with Gasteiger partial charge in [0.25, 0.3) is 0 Å². The number of unbranched alkanes of at least 4 members (excludes halogenated alkanes) is 3. The quantitative estimate of drug-likeness (QED) is 0.0404. The lowest BCUT2D eigenvalue weighted by Crippen LogP contribution is -2.38. The zero-order chi connectivity index (χ0) is 40.0. The van der Waals surface area contributed by atoms with E-state index in [0.717, 1.165) is 60.0 Å². The molecule has 0 bridgehead atoms. The molecule has 8 nitrogen and oxygen atoms in total. The van der Waals surface area contributed by atoms with Crippen LogP contribution in [0.4, 0.5) is 0 Å². The van der Waals surface area contributed by atoms with Crippen molar-refractivity contribution in [1.29, 1.82) is 0 Å². The van der Waals surface area contributed by atoms with Crippen molar-refractivity contribution < 1.29 is 34.3 Å². The number of hydrogen-bond donors (Lipinski definition) is 4. The van der Waals surface area contributed by atoms with Crippen LogP contribution in [0, 0.1) is 0 Å². The van der Waals surface area contributed by atoms with E-state index in [4.69, 9.17) is 37.4 Å². The van der Waals surface area contributed by atoms with E-state index in [0.29, 0.717) is 61.8 Å². The Morgan fingerprint density at radius 3 is 1.79 bits per heavy atom. The molecule has 0 saturated heterocycles. The van der Waals surface area contributed by atoms with E-state index in [1.54, 1.807) is 30.3 Å². The Labute approximate surface area is 341 Å². The molecule has 0 radical (unpaired) electrons. The SMILES string of the molecule is CCOCc1cc([C@@H](O)CNCCCCCCOCCOCc2c(Cl)cccc2Cl)ccc1O.O=C(O)C(c1ccccc1)(c1ccccc1)c1ccccc1. The van der Waals surface area contributed by atoms with Gasteiger partial charge in [0, 0.05) is 40.9 Å². The molecule has 5 aromatic rings. The highest BCUT2D eigenvalue weighted by molar-refractivity contribution is 6.35. The molecular formula is C46H53Cl2NO7. The van der Waals surface area contributed by atoms with Crippen LogP contribution in [0.3, 0.4) is 0 Å². The Kier molecular flexibility index (Phi) is 19.4. The van der Waals surface area contributed by atoms with Gasteiger partial charge in [-0.05, 0) is 72.8 Å². The third kappa shape index (κ3) is 13.2. The maximum atomic E-state index is 12.4. The van der Waals surface area contributed by atoms with Crippen LogP contribution < -0.4 is 5.32 Å². The lowest BCUT2D eigenvalue weighted by molar-refractivity contribution is -0.140. The Morgan fingerprint density at radius 1 is 0.679 bits per heavy atom. The molecule has 0 aromatic heterocycles. The van der Waals surface area contributed by atoms with Crippen LogP contribution in [0.15, 0.2) is 127 Å². The molecule has 0 saturated carbocycles. The molecule has 0 aliphatic carbocycles. The van der Waals surface area contributed by atoms with Gasteiger partial charge in [-0.15, -0.1) is 0 Å². The van der Waals surface area contributed by atoms with E-state index in [1.165, 1.54) is 0 Å². The molecule has 10 heteroatoms. The molecule has 0 spiro atoms. The fourth-order valence-electron chi connectivity index (χ4n) is 6.30. The summed E-state index contributed by atoms with van der Waals surface area (Å²) < 4.78 is 16.6. The van der Waals surface area contributed by atoms with Crippen LogP contribution in [0.1, 0.15) is 72.1 Å². The number of carboxylic acids is 1. The van der Waals surface area contributed by atoms with Crippen LogP contribution >= 0.6 is 23.2 Å². The third-order valence-electron chi connectivity index (χ3n) is 9.30. The summed E-state index contributed by atoms with van der Waals surface area (Å²) in [5.74, 6) is -0.688. The van der Waals surface area contributed by atoms with Gasteiger partial charge < -0.3 is 34.8 Å². The fraction of sp³-hybridized carbons (Fsp3) is 0.326. The van der Waals surface area contributed by atoms with Gasteiger partial charge in [-0.25, -0.2) is 0 Å². The maximum absolute atomic E-state index is 12.4. The van der Waals surface area contributed by atoms with Crippen molar-refractivity contribution in [1.82, 2.24) is 5.32 Å². The second-order valence-corrected chi connectivity index (χ2v) is 14.0. The fourth-order valence-corrected chi connectivity index (χ4v) is 6.81. The molecule has 0 heterocycles. The van der Waals surface area contributed by atoms with E-state index >= 15 is 0 Å². The first-order valence-corrected chi connectivity index (χ1v) is 19.8. The first-order chi connectivity index (χ1) is 27.3. The Bertz CT molecular complexity index is 1750. The average molecular weight is 803 g/mol. The normalized spacial score (nSPS) is 11.8. The lowest BCUT2D eigenvalue weighted by atomic mass is 9.69. The first-order valence-electron chi connectivity index (χ1n) is 19.1. The van der Waals surface area contributed by atoms with Crippen LogP contribution in [0.5, 0.6) is 5.75 Å². The molecule has 298 valence electrons. The monoisotopic (exact) mass is 801 g/mol. The minimum absolute atomic E-state index is 0.191. The minimum atomic E-state index is -1.20. The van der Waals surface area contributed by atoms with Gasteiger partial charge >= 0.3 is 5.97 Å². The number of aliphatic hydroxyl groups is 1. The number of ether oxygens (including phenoxy) is 3. The number of benzene rings is 5. The number of nitrogens with one attached hydrogen (secondary N) is 1. The number of hydrogen-bond acceptors (Lipinski definition) is 7. The van der Waals surface area contributed by atoms with Gasteiger partial charge in [0.1, 0.15) is 11.2 Å². The maximum Gasteiger partial charge on any atom is 0.323 e. The second-order valence-electron chi connectivity index (χ2n) is 13.2. The van der Waals surface area contributed by atoms with Gasteiger partial charge in [0.2, 0.25) is 0 Å². The molecule has 0 aliphatic rings. The van der Waals surface area contributed by atoms with Gasteiger partial charge in [0.05, 0.1) is 32.5 Å². The lowest BCUT2D eigenvalue weighted by Gasteiger charge is -2.31. The number of phenols is 1. The van der Waals surface area contributed by atoms with Crippen LogP contribution in [0.2, 0.25) is 10.0 Å². The van der Waals surface area contributed by atoms with Crippen molar-refractivity contribution in [3.8, 4) is 5.75 Å². The van der Waals surface area contributed by atoms with E-state index < -0.39 is 17.5 Å². The predicted octanol–water partition coefficient (Wildman–Crippen LogP) is 9.76. The summed E-state index contributed by atoms with van der Waals surface area (Å²) in [6.45, 7) is 6.29. The molecule has 0 aliphatic heterocycles. The van der Waals surface area contributed by atoms with E-state index in [9.17, 15) is 20.1 Å². The van der Waals surface area contributed by atoms with E-state index in [2.05, 4.69) is 5.32 Å². The zero-order valence-corrected chi connectivity index (χ0v) is 33.4. The Balaban J connectivity index is 0.000000271. The number of phenolic OH excluding ortho intramolecular Hbond substituents is 1. The standard InChI is InChI=1S/C26H37Cl2NO5.C20H16O2/c1-2-32-18-21-16-20(10-11-25(21)30)26(31)17-29-12-5-3-4-6-13-33-14-15-34-19-22-23(27)8-7-9-24(22)28;21-19(22)20(16-10-4-1-5-11-16,17-12-6-2-7-13-17)18-14-8-3-9-15-18/h7-11,16,26,29-31H,2-6,12-15,17-19H2,1H3;1-15H,(H,21,22)/t26-;/m0./s1. The van der Waals surface area contributed by atoms with Crippen LogP contribution in [-0.2, 0) is 37.6 Å². The van der Waals surface area contributed by atoms with Gasteiger partial charge in [-0.1, -0.05) is 139 Å². The highest BCUT2D eigenvalue weighted by Crippen LogP contribution is 2.39.